The molecule has 3 aromatic rings. The van der Waals surface area contributed by atoms with Gasteiger partial charge in [-0.1, -0.05) is 13.2 Å². The van der Waals surface area contributed by atoms with Gasteiger partial charge in [0.1, 0.15) is 11.5 Å². The zero-order chi connectivity index (χ0) is 26.9. The number of hydrogen-bond acceptors (Lipinski definition) is 9. The van der Waals surface area contributed by atoms with Crippen LogP contribution in [0.5, 0.6) is 0 Å². The van der Waals surface area contributed by atoms with Crippen LogP contribution in [-0.2, 0) is 9.47 Å². The van der Waals surface area contributed by atoms with Crippen molar-refractivity contribution in [3.8, 4) is 0 Å². The molecule has 0 N–H and O–H groups in total. The number of carbonyl (C=O) groups excluding carboxylic acids is 1. The smallest absolute Gasteiger partial charge is 0.372 e. The van der Waals surface area contributed by atoms with Crippen LogP contribution in [0.3, 0.4) is 0 Å². The normalized spacial score (nSPS) is 9.06. The van der Waals surface area contributed by atoms with Crippen molar-refractivity contribution >= 4 is 40.8 Å². The molecule has 11 nitrogen and oxygen atoms in total. The van der Waals surface area contributed by atoms with Gasteiger partial charge in [0, 0.05) is 25.3 Å². The zero-order valence-electron chi connectivity index (χ0n) is 20.0. The Hall–Kier alpha value is -4.74. The highest BCUT2D eigenvalue weighted by atomic mass is 35.5. The van der Waals surface area contributed by atoms with Crippen molar-refractivity contribution in [1.82, 2.24) is 29.9 Å². The van der Waals surface area contributed by atoms with Gasteiger partial charge >= 0.3 is 11.9 Å². The highest BCUT2D eigenvalue weighted by Crippen LogP contribution is 2.13. The number of Topliss-reactive ketones (excluding diaryl/α,β-unsaturated/α-hetero) is 1. The number of ketones is 1. The van der Waals surface area contributed by atoms with Crippen LogP contribution in [0.4, 0.5) is 11.9 Å². The van der Waals surface area contributed by atoms with Crippen molar-refractivity contribution in [1.29, 1.82) is 0 Å². The fourth-order valence-corrected chi connectivity index (χ4v) is 2.29. The SMILES string of the molecule is C=C(OCC)c1ccnc(Cl)n1.[C-]#[N+]c1nccc(C(=C)OCC)n1.[C-]#[N+]c1nccc(C(C)=O)n1. The number of halogens is 1. The van der Waals surface area contributed by atoms with Crippen LogP contribution in [0.15, 0.2) is 49.9 Å². The zero-order valence-corrected chi connectivity index (χ0v) is 20.7. The van der Waals surface area contributed by atoms with Crippen molar-refractivity contribution in [3.05, 3.63) is 95.1 Å². The summed E-state index contributed by atoms with van der Waals surface area (Å²) in [5.74, 6) is 0.949. The molecule has 3 aromatic heterocycles. The van der Waals surface area contributed by atoms with E-state index in [4.69, 9.17) is 34.2 Å². The Bertz CT molecular complexity index is 1280. The molecule has 0 atom stereocenters. The maximum absolute atomic E-state index is 10.7. The molecule has 3 heterocycles. The van der Waals surface area contributed by atoms with Crippen LogP contribution in [0.2, 0.25) is 5.28 Å². The van der Waals surface area contributed by atoms with E-state index in [2.05, 4.69) is 52.8 Å². The first kappa shape index (κ1) is 29.3. The number of nitrogens with zero attached hydrogens (tertiary/aromatic N) is 8. The van der Waals surface area contributed by atoms with Crippen LogP contribution in [0.1, 0.15) is 42.6 Å². The Balaban J connectivity index is 0.000000271. The summed E-state index contributed by atoms with van der Waals surface area (Å²) in [6.07, 6.45) is 4.48. The molecular formula is C24H23ClN8O3. The molecule has 0 aliphatic heterocycles. The first-order valence-electron chi connectivity index (χ1n) is 10.3. The second kappa shape index (κ2) is 16.0. The number of aromatic nitrogens is 6. The van der Waals surface area contributed by atoms with Crippen molar-refractivity contribution in [2.24, 2.45) is 0 Å². The van der Waals surface area contributed by atoms with Gasteiger partial charge in [-0.15, -0.1) is 23.1 Å². The Kier molecular flexibility index (Phi) is 13.0. The van der Waals surface area contributed by atoms with Crippen LogP contribution in [0.25, 0.3) is 21.2 Å². The standard InChI is InChI=1S/C9H9N3O.C8H9ClN2O.C7H5N3O/c1-4-13-7(2)8-5-6-11-9(10-3)12-8;1-3-12-6(2)7-4-5-10-8(9)11-7;1-5(11)6-3-4-9-7(8-2)10-6/h5-6H,2,4H2,1H3;4-5H,2-3H2,1H3;3-4H,1H3. The van der Waals surface area contributed by atoms with Crippen molar-refractivity contribution in [3.63, 3.8) is 0 Å². The van der Waals surface area contributed by atoms with E-state index in [-0.39, 0.29) is 28.7 Å². The number of ether oxygens (including phenoxy) is 2. The van der Waals surface area contributed by atoms with Gasteiger partial charge in [0.2, 0.25) is 5.28 Å². The summed E-state index contributed by atoms with van der Waals surface area (Å²) < 4.78 is 10.3. The average Bonchev–Trinajstić information content (AvgIpc) is 2.89. The van der Waals surface area contributed by atoms with Crippen LogP contribution in [-0.4, -0.2) is 48.9 Å². The maximum atomic E-state index is 10.7. The molecule has 0 amide bonds. The topological polar surface area (TPSA) is 122 Å². The number of hydrogen-bond donors (Lipinski definition) is 0. The summed E-state index contributed by atoms with van der Waals surface area (Å²) in [5, 5.41) is 0.202. The number of carbonyl (C=O) groups is 1. The van der Waals surface area contributed by atoms with Crippen LogP contribution in [0, 0.1) is 13.1 Å². The summed E-state index contributed by atoms with van der Waals surface area (Å²) in [5.41, 5.74) is 1.46. The second-order valence-corrected chi connectivity index (χ2v) is 6.52. The minimum Gasteiger partial charge on any atom is -0.492 e. The van der Waals surface area contributed by atoms with Crippen molar-refractivity contribution in [2.45, 2.75) is 20.8 Å². The predicted octanol–water partition coefficient (Wildman–Crippen LogP) is 5.40. The Morgan fingerprint density at radius 1 is 0.833 bits per heavy atom. The molecular weight excluding hydrogens is 484 g/mol. The molecule has 0 bridgehead atoms. The Morgan fingerprint density at radius 2 is 1.25 bits per heavy atom. The summed E-state index contributed by atoms with van der Waals surface area (Å²) in [6, 6.07) is 4.84. The second-order valence-electron chi connectivity index (χ2n) is 6.19. The van der Waals surface area contributed by atoms with E-state index in [1.165, 1.54) is 25.4 Å². The van der Waals surface area contributed by atoms with E-state index in [1.807, 2.05) is 13.8 Å². The first-order valence-corrected chi connectivity index (χ1v) is 10.7. The van der Waals surface area contributed by atoms with Gasteiger partial charge in [0.25, 0.3) is 0 Å². The van der Waals surface area contributed by atoms with Gasteiger partial charge in [0.05, 0.1) is 25.6 Å². The summed E-state index contributed by atoms with van der Waals surface area (Å²) in [4.78, 5) is 39.4. The summed E-state index contributed by atoms with van der Waals surface area (Å²) in [6.45, 7) is 26.9. The van der Waals surface area contributed by atoms with Gasteiger partial charge < -0.3 is 19.2 Å². The van der Waals surface area contributed by atoms with Crippen molar-refractivity contribution in [2.75, 3.05) is 13.2 Å². The van der Waals surface area contributed by atoms with Crippen LogP contribution >= 0.6 is 11.6 Å². The molecule has 12 heteroatoms. The molecule has 0 saturated carbocycles. The van der Waals surface area contributed by atoms with E-state index >= 15 is 0 Å². The van der Waals surface area contributed by atoms with Crippen LogP contribution < -0.4 is 0 Å². The molecule has 0 aromatic carbocycles. The first-order chi connectivity index (χ1) is 17.2. The molecule has 0 aliphatic carbocycles. The highest BCUT2D eigenvalue weighted by Gasteiger charge is 2.06. The van der Waals surface area contributed by atoms with Crippen molar-refractivity contribution < 1.29 is 14.3 Å². The molecule has 36 heavy (non-hydrogen) atoms. The van der Waals surface area contributed by atoms with Gasteiger partial charge in [-0.25, -0.2) is 9.97 Å². The van der Waals surface area contributed by atoms with E-state index in [1.54, 1.807) is 18.3 Å². The lowest BCUT2D eigenvalue weighted by atomic mass is 10.3. The third kappa shape index (κ3) is 10.5. The summed E-state index contributed by atoms with van der Waals surface area (Å²) in [7, 11) is 0. The van der Waals surface area contributed by atoms with Gasteiger partial charge in [-0.2, -0.15) is 9.97 Å². The van der Waals surface area contributed by atoms with E-state index in [0.717, 1.165) is 0 Å². The molecule has 3 rings (SSSR count). The van der Waals surface area contributed by atoms with E-state index < -0.39 is 0 Å². The minimum absolute atomic E-state index is 0.0118. The molecule has 0 unspecified atom stereocenters. The molecule has 0 fully saturated rings. The third-order valence-electron chi connectivity index (χ3n) is 3.68. The largest absolute Gasteiger partial charge is 0.492 e. The third-order valence-corrected chi connectivity index (χ3v) is 3.86. The molecule has 0 spiro atoms. The number of rotatable bonds is 7. The predicted molar refractivity (Wildman–Crippen MR) is 135 cm³/mol. The minimum atomic E-state index is -0.155. The lowest BCUT2D eigenvalue weighted by Gasteiger charge is -2.04. The summed E-state index contributed by atoms with van der Waals surface area (Å²) >= 11 is 5.57. The fourth-order valence-electron chi connectivity index (χ4n) is 2.14. The Labute approximate surface area is 214 Å². The fraction of sp³-hybridized carbons (Fsp3) is 0.208. The van der Waals surface area contributed by atoms with E-state index in [0.29, 0.717) is 36.1 Å². The maximum Gasteiger partial charge on any atom is 0.372 e. The average molecular weight is 507 g/mol. The molecule has 0 saturated heterocycles. The lowest BCUT2D eigenvalue weighted by Crippen LogP contribution is -1.95. The van der Waals surface area contributed by atoms with Gasteiger partial charge in [0.15, 0.2) is 22.9 Å². The molecule has 184 valence electrons. The highest BCUT2D eigenvalue weighted by molar-refractivity contribution is 6.28. The Morgan fingerprint density at radius 3 is 1.67 bits per heavy atom. The van der Waals surface area contributed by atoms with E-state index in [9.17, 15) is 4.79 Å². The lowest BCUT2D eigenvalue weighted by molar-refractivity contribution is 0.101. The quantitative estimate of drug-likeness (QED) is 0.179. The molecule has 0 aliphatic rings. The monoisotopic (exact) mass is 506 g/mol. The molecule has 0 radical (unpaired) electrons. The van der Waals surface area contributed by atoms with Gasteiger partial charge in [-0.05, 0) is 31.5 Å². The van der Waals surface area contributed by atoms with Gasteiger partial charge in [-0.3, -0.25) is 4.79 Å².